The van der Waals surface area contributed by atoms with Gasteiger partial charge in [0.2, 0.25) is 0 Å². The SMILES string of the molecule is COc1cccc2cc(/C(C)=N\NC(=O)c3ccc([N+](=O)[O-])cc3)oc12. The number of methoxy groups -OCH3 is 1. The molecule has 0 unspecified atom stereocenters. The average molecular weight is 353 g/mol. The number of hydrogen-bond donors (Lipinski definition) is 1. The van der Waals surface area contributed by atoms with Crippen LogP contribution in [0.25, 0.3) is 11.0 Å². The number of nitro benzene ring substituents is 1. The monoisotopic (exact) mass is 353 g/mol. The summed E-state index contributed by atoms with van der Waals surface area (Å²) in [4.78, 5) is 22.2. The molecular weight excluding hydrogens is 338 g/mol. The van der Waals surface area contributed by atoms with Crippen LogP contribution in [0.5, 0.6) is 5.75 Å². The first-order chi connectivity index (χ1) is 12.5. The molecule has 0 atom stereocenters. The van der Waals surface area contributed by atoms with E-state index >= 15 is 0 Å². The summed E-state index contributed by atoms with van der Waals surface area (Å²) in [5, 5.41) is 15.5. The zero-order valence-corrected chi connectivity index (χ0v) is 14.1. The highest BCUT2D eigenvalue weighted by atomic mass is 16.6. The summed E-state index contributed by atoms with van der Waals surface area (Å²) in [6.45, 7) is 1.69. The van der Waals surface area contributed by atoms with Crippen molar-refractivity contribution in [3.63, 3.8) is 0 Å². The van der Waals surface area contributed by atoms with Crippen molar-refractivity contribution in [2.75, 3.05) is 7.11 Å². The lowest BCUT2D eigenvalue weighted by molar-refractivity contribution is -0.384. The minimum absolute atomic E-state index is 0.0857. The van der Waals surface area contributed by atoms with Crippen LogP contribution in [0, 0.1) is 10.1 Å². The second-order valence-corrected chi connectivity index (χ2v) is 5.43. The van der Waals surface area contributed by atoms with Gasteiger partial charge in [-0.3, -0.25) is 14.9 Å². The van der Waals surface area contributed by atoms with Crippen molar-refractivity contribution in [1.29, 1.82) is 0 Å². The van der Waals surface area contributed by atoms with E-state index in [1.54, 1.807) is 26.2 Å². The summed E-state index contributed by atoms with van der Waals surface area (Å²) < 4.78 is 11.0. The number of non-ortho nitro benzene ring substituents is 1. The molecule has 132 valence electrons. The molecule has 3 aromatic rings. The predicted octanol–water partition coefficient (Wildman–Crippen LogP) is 3.50. The molecule has 0 aliphatic rings. The molecule has 1 amide bonds. The summed E-state index contributed by atoms with van der Waals surface area (Å²) in [7, 11) is 1.56. The lowest BCUT2D eigenvalue weighted by Crippen LogP contribution is -2.19. The number of hydrazone groups is 1. The lowest BCUT2D eigenvalue weighted by Gasteiger charge is -2.01. The first kappa shape index (κ1) is 17.2. The van der Waals surface area contributed by atoms with Gasteiger partial charge in [-0.1, -0.05) is 12.1 Å². The molecule has 1 heterocycles. The maximum absolute atomic E-state index is 12.1. The number of benzene rings is 2. The Bertz CT molecular complexity index is 1010. The third kappa shape index (κ3) is 3.39. The Morgan fingerprint density at radius 3 is 2.62 bits per heavy atom. The number of carbonyl (C=O) groups is 1. The maximum atomic E-state index is 12.1. The van der Waals surface area contributed by atoms with Gasteiger partial charge in [0, 0.05) is 23.1 Å². The number of furan rings is 1. The molecule has 0 bridgehead atoms. The molecule has 0 spiro atoms. The molecule has 1 aromatic heterocycles. The van der Waals surface area contributed by atoms with E-state index in [9.17, 15) is 14.9 Å². The Kier molecular flexibility index (Phi) is 4.66. The van der Waals surface area contributed by atoms with Crippen LogP contribution in [0.2, 0.25) is 0 Å². The van der Waals surface area contributed by atoms with Crippen molar-refractivity contribution >= 4 is 28.3 Å². The van der Waals surface area contributed by atoms with E-state index in [4.69, 9.17) is 9.15 Å². The highest BCUT2D eigenvalue weighted by Gasteiger charge is 2.12. The number of carbonyl (C=O) groups excluding carboxylic acids is 1. The van der Waals surface area contributed by atoms with Gasteiger partial charge in [0.1, 0.15) is 5.71 Å². The van der Waals surface area contributed by atoms with E-state index in [0.717, 1.165) is 5.39 Å². The topological polar surface area (TPSA) is 107 Å². The number of rotatable bonds is 5. The highest BCUT2D eigenvalue weighted by Crippen LogP contribution is 2.28. The molecule has 3 rings (SSSR count). The molecule has 0 fully saturated rings. The summed E-state index contributed by atoms with van der Waals surface area (Å²) in [6.07, 6.45) is 0. The minimum atomic E-state index is -0.528. The van der Waals surface area contributed by atoms with Crippen LogP contribution in [0.15, 0.2) is 58.0 Å². The van der Waals surface area contributed by atoms with E-state index in [1.807, 2.05) is 12.1 Å². The van der Waals surface area contributed by atoms with Gasteiger partial charge in [-0.15, -0.1) is 0 Å². The largest absolute Gasteiger partial charge is 0.493 e. The van der Waals surface area contributed by atoms with Gasteiger partial charge in [0.15, 0.2) is 17.1 Å². The van der Waals surface area contributed by atoms with Gasteiger partial charge >= 0.3 is 0 Å². The van der Waals surface area contributed by atoms with Crippen LogP contribution in [0.4, 0.5) is 5.69 Å². The van der Waals surface area contributed by atoms with Gasteiger partial charge in [0.05, 0.1) is 12.0 Å². The number of hydrogen-bond acceptors (Lipinski definition) is 6. The Morgan fingerprint density at radius 1 is 1.23 bits per heavy atom. The fraction of sp³-hybridized carbons (Fsp3) is 0.111. The molecule has 2 aromatic carbocycles. The summed E-state index contributed by atoms with van der Waals surface area (Å²) in [6, 6.07) is 12.6. The van der Waals surface area contributed by atoms with Crippen LogP contribution in [0.1, 0.15) is 23.0 Å². The van der Waals surface area contributed by atoms with Crippen LogP contribution in [-0.2, 0) is 0 Å². The van der Waals surface area contributed by atoms with Gasteiger partial charge in [0.25, 0.3) is 11.6 Å². The second kappa shape index (κ2) is 7.06. The molecule has 8 nitrogen and oxygen atoms in total. The first-order valence-corrected chi connectivity index (χ1v) is 7.65. The van der Waals surface area contributed by atoms with Crippen molar-refractivity contribution in [3.05, 3.63) is 70.0 Å². The smallest absolute Gasteiger partial charge is 0.271 e. The number of nitrogens with one attached hydrogen (secondary N) is 1. The average Bonchev–Trinajstić information content (AvgIpc) is 3.10. The molecule has 0 radical (unpaired) electrons. The minimum Gasteiger partial charge on any atom is -0.493 e. The Balaban J connectivity index is 1.77. The van der Waals surface area contributed by atoms with Gasteiger partial charge in [-0.2, -0.15) is 5.10 Å². The molecule has 1 N–H and O–H groups in total. The van der Waals surface area contributed by atoms with Gasteiger partial charge < -0.3 is 9.15 Å². The van der Waals surface area contributed by atoms with E-state index < -0.39 is 10.8 Å². The fourth-order valence-corrected chi connectivity index (χ4v) is 2.36. The van der Waals surface area contributed by atoms with Crippen molar-refractivity contribution in [1.82, 2.24) is 5.43 Å². The van der Waals surface area contributed by atoms with Crippen LogP contribution in [0.3, 0.4) is 0 Å². The Labute approximate surface area is 148 Å². The number of nitrogens with zero attached hydrogens (tertiary/aromatic N) is 2. The van der Waals surface area contributed by atoms with Crippen molar-refractivity contribution < 1.29 is 18.9 Å². The van der Waals surface area contributed by atoms with E-state index in [-0.39, 0.29) is 11.3 Å². The molecule has 8 heteroatoms. The van der Waals surface area contributed by atoms with Crippen molar-refractivity contribution in [2.45, 2.75) is 6.92 Å². The zero-order chi connectivity index (χ0) is 18.7. The lowest BCUT2D eigenvalue weighted by atomic mass is 10.2. The first-order valence-electron chi connectivity index (χ1n) is 7.65. The predicted molar refractivity (Wildman–Crippen MR) is 95.5 cm³/mol. The van der Waals surface area contributed by atoms with Crippen LogP contribution < -0.4 is 10.2 Å². The van der Waals surface area contributed by atoms with E-state index in [2.05, 4.69) is 10.5 Å². The Morgan fingerprint density at radius 2 is 1.96 bits per heavy atom. The molecule has 0 aliphatic heterocycles. The number of nitro groups is 1. The molecule has 0 saturated heterocycles. The van der Waals surface area contributed by atoms with E-state index in [1.165, 1.54) is 24.3 Å². The molecular formula is C18H15N3O5. The van der Waals surface area contributed by atoms with Gasteiger partial charge in [-0.05, 0) is 31.2 Å². The zero-order valence-electron chi connectivity index (χ0n) is 14.1. The van der Waals surface area contributed by atoms with Crippen LogP contribution in [-0.4, -0.2) is 23.7 Å². The van der Waals surface area contributed by atoms with Crippen molar-refractivity contribution in [2.24, 2.45) is 5.10 Å². The van der Waals surface area contributed by atoms with E-state index in [0.29, 0.717) is 22.8 Å². The number of fused-ring (bicyclic) bond motifs is 1. The third-order valence-corrected chi connectivity index (χ3v) is 3.75. The maximum Gasteiger partial charge on any atom is 0.271 e. The summed E-state index contributed by atoms with van der Waals surface area (Å²) in [5.41, 5.74) is 3.65. The normalized spacial score (nSPS) is 11.4. The summed E-state index contributed by atoms with van der Waals surface area (Å²) in [5.74, 6) is 0.623. The van der Waals surface area contributed by atoms with Crippen LogP contribution >= 0.6 is 0 Å². The Hall–Kier alpha value is -3.68. The number of ether oxygens (including phenoxy) is 1. The van der Waals surface area contributed by atoms with Gasteiger partial charge in [-0.25, -0.2) is 5.43 Å². The quantitative estimate of drug-likeness (QED) is 0.429. The fourth-order valence-electron chi connectivity index (χ4n) is 2.36. The standard InChI is InChI=1S/C18H15N3O5/c1-11(16-10-13-4-3-5-15(25-2)17(13)26-16)19-20-18(22)12-6-8-14(9-7-12)21(23)24/h3-10H,1-2H3,(H,20,22)/b19-11-. The van der Waals surface area contributed by atoms with Crippen molar-refractivity contribution in [3.8, 4) is 5.75 Å². The second-order valence-electron chi connectivity index (χ2n) is 5.43. The molecule has 0 saturated carbocycles. The number of amides is 1. The molecule has 26 heavy (non-hydrogen) atoms. The third-order valence-electron chi connectivity index (χ3n) is 3.75. The molecule has 0 aliphatic carbocycles. The summed E-state index contributed by atoms with van der Waals surface area (Å²) >= 11 is 0. The number of para-hydroxylation sites is 1. The highest BCUT2D eigenvalue weighted by molar-refractivity contribution is 6.02.